The van der Waals surface area contributed by atoms with Crippen LogP contribution in [0.15, 0.2) is 48.8 Å². The fourth-order valence-corrected chi connectivity index (χ4v) is 2.81. The molecule has 1 unspecified atom stereocenters. The van der Waals surface area contributed by atoms with Gasteiger partial charge in [-0.3, -0.25) is 9.78 Å². The number of ether oxygens (including phenoxy) is 1. The normalized spacial score (nSPS) is 18.2. The summed E-state index contributed by atoms with van der Waals surface area (Å²) in [5, 5.41) is 0. The molecule has 1 fully saturated rings. The van der Waals surface area contributed by atoms with Crippen LogP contribution in [0.25, 0.3) is 0 Å². The number of carbonyl (C=O) groups excluding carboxylic acids is 1. The van der Waals surface area contributed by atoms with Crippen LogP contribution in [-0.4, -0.2) is 35.5 Å². The first kappa shape index (κ1) is 15.7. The summed E-state index contributed by atoms with van der Waals surface area (Å²) in [6.07, 6.45) is 3.24. The van der Waals surface area contributed by atoms with E-state index in [-0.39, 0.29) is 12.0 Å². The Morgan fingerprint density at radius 3 is 2.52 bits per heavy atom. The summed E-state index contributed by atoms with van der Waals surface area (Å²) in [7, 11) is 0. The molecule has 1 amide bonds. The molecule has 1 aromatic heterocycles. The number of nitrogens with zero attached hydrogens (tertiary/aromatic N) is 2. The van der Waals surface area contributed by atoms with Gasteiger partial charge in [0, 0.05) is 24.5 Å². The van der Waals surface area contributed by atoms with Crippen molar-refractivity contribution in [3.63, 3.8) is 0 Å². The third-order valence-electron chi connectivity index (χ3n) is 4.26. The zero-order valence-corrected chi connectivity index (χ0v) is 13.6. The number of hydrogen-bond acceptors (Lipinski definition) is 3. The van der Waals surface area contributed by atoms with Crippen LogP contribution in [0.1, 0.15) is 47.4 Å². The lowest BCUT2D eigenvalue weighted by atomic mass is 9.99. The number of aromatic nitrogens is 1. The first-order chi connectivity index (χ1) is 11.1. The Kier molecular flexibility index (Phi) is 4.72. The van der Waals surface area contributed by atoms with Crippen molar-refractivity contribution in [2.24, 2.45) is 0 Å². The van der Waals surface area contributed by atoms with Crippen molar-refractivity contribution < 1.29 is 9.53 Å². The number of amides is 1. The molecule has 4 heteroatoms. The Morgan fingerprint density at radius 1 is 1.17 bits per heavy atom. The number of pyridine rings is 1. The van der Waals surface area contributed by atoms with Gasteiger partial charge in [0.05, 0.1) is 13.2 Å². The van der Waals surface area contributed by atoms with E-state index in [1.54, 1.807) is 24.5 Å². The van der Waals surface area contributed by atoms with E-state index in [0.29, 0.717) is 31.2 Å². The molecular formula is C19H22N2O2. The molecule has 1 atom stereocenters. The SMILES string of the molecule is CC(C)c1ccc(C2CN(C(=O)c3ccncc3)CCO2)cc1. The van der Waals surface area contributed by atoms with E-state index in [9.17, 15) is 4.79 Å². The van der Waals surface area contributed by atoms with E-state index in [1.165, 1.54) is 5.56 Å². The van der Waals surface area contributed by atoms with Crippen LogP contribution in [0, 0.1) is 0 Å². The molecule has 1 aliphatic heterocycles. The molecular weight excluding hydrogens is 288 g/mol. The number of morpholine rings is 1. The van der Waals surface area contributed by atoms with Gasteiger partial charge in [0.25, 0.3) is 5.91 Å². The molecule has 0 saturated carbocycles. The zero-order valence-electron chi connectivity index (χ0n) is 13.6. The quantitative estimate of drug-likeness (QED) is 0.872. The summed E-state index contributed by atoms with van der Waals surface area (Å²) in [6, 6.07) is 12.0. The zero-order chi connectivity index (χ0) is 16.2. The topological polar surface area (TPSA) is 42.4 Å². The molecule has 2 heterocycles. The van der Waals surface area contributed by atoms with Crippen molar-refractivity contribution in [2.75, 3.05) is 19.7 Å². The second-order valence-electron chi connectivity index (χ2n) is 6.17. The van der Waals surface area contributed by atoms with Crippen LogP contribution in [0.5, 0.6) is 0 Å². The van der Waals surface area contributed by atoms with Crippen molar-refractivity contribution >= 4 is 5.91 Å². The maximum atomic E-state index is 12.6. The van der Waals surface area contributed by atoms with E-state index in [0.717, 1.165) is 5.56 Å². The fourth-order valence-electron chi connectivity index (χ4n) is 2.81. The summed E-state index contributed by atoms with van der Waals surface area (Å²) >= 11 is 0. The number of carbonyl (C=O) groups is 1. The molecule has 0 radical (unpaired) electrons. The molecule has 0 aliphatic carbocycles. The number of hydrogen-bond donors (Lipinski definition) is 0. The van der Waals surface area contributed by atoms with Crippen molar-refractivity contribution in [1.82, 2.24) is 9.88 Å². The van der Waals surface area contributed by atoms with Gasteiger partial charge in [-0.1, -0.05) is 38.1 Å². The summed E-state index contributed by atoms with van der Waals surface area (Å²) < 4.78 is 5.87. The van der Waals surface area contributed by atoms with Crippen LogP contribution in [0.2, 0.25) is 0 Å². The maximum absolute atomic E-state index is 12.6. The first-order valence-electron chi connectivity index (χ1n) is 8.06. The van der Waals surface area contributed by atoms with Gasteiger partial charge in [-0.05, 0) is 29.2 Å². The number of rotatable bonds is 3. The minimum atomic E-state index is -0.0595. The smallest absolute Gasteiger partial charge is 0.254 e. The highest BCUT2D eigenvalue weighted by molar-refractivity contribution is 5.94. The van der Waals surface area contributed by atoms with Gasteiger partial charge in [-0.2, -0.15) is 0 Å². The monoisotopic (exact) mass is 310 g/mol. The highest BCUT2D eigenvalue weighted by Crippen LogP contribution is 2.25. The van der Waals surface area contributed by atoms with Crippen molar-refractivity contribution in [3.8, 4) is 0 Å². The molecule has 120 valence electrons. The lowest BCUT2D eigenvalue weighted by Crippen LogP contribution is -2.42. The van der Waals surface area contributed by atoms with Crippen LogP contribution in [-0.2, 0) is 4.74 Å². The highest BCUT2D eigenvalue weighted by Gasteiger charge is 2.26. The van der Waals surface area contributed by atoms with Gasteiger partial charge in [-0.25, -0.2) is 0 Å². The van der Waals surface area contributed by atoms with Gasteiger partial charge >= 0.3 is 0 Å². The molecule has 1 saturated heterocycles. The third kappa shape index (κ3) is 3.59. The van der Waals surface area contributed by atoms with E-state index < -0.39 is 0 Å². The molecule has 3 rings (SSSR count). The van der Waals surface area contributed by atoms with Crippen LogP contribution in [0.4, 0.5) is 0 Å². The molecule has 4 nitrogen and oxygen atoms in total. The van der Waals surface area contributed by atoms with E-state index in [1.807, 2.05) is 4.90 Å². The maximum Gasteiger partial charge on any atom is 0.254 e. The summed E-state index contributed by atoms with van der Waals surface area (Å²) in [6.45, 7) is 6.14. The Bertz CT molecular complexity index is 653. The average Bonchev–Trinajstić information content (AvgIpc) is 2.62. The van der Waals surface area contributed by atoms with Crippen molar-refractivity contribution in [1.29, 1.82) is 0 Å². The largest absolute Gasteiger partial charge is 0.370 e. The average molecular weight is 310 g/mol. The number of benzene rings is 1. The molecule has 1 aliphatic rings. The van der Waals surface area contributed by atoms with E-state index >= 15 is 0 Å². The predicted octanol–water partition coefficient (Wildman–Crippen LogP) is 3.42. The fraction of sp³-hybridized carbons (Fsp3) is 0.368. The molecule has 23 heavy (non-hydrogen) atoms. The molecule has 1 aromatic carbocycles. The van der Waals surface area contributed by atoms with Crippen LogP contribution >= 0.6 is 0 Å². The highest BCUT2D eigenvalue weighted by atomic mass is 16.5. The predicted molar refractivity (Wildman–Crippen MR) is 89.4 cm³/mol. The van der Waals surface area contributed by atoms with Gasteiger partial charge in [-0.15, -0.1) is 0 Å². The second kappa shape index (κ2) is 6.92. The molecule has 0 bridgehead atoms. The van der Waals surface area contributed by atoms with Gasteiger partial charge < -0.3 is 9.64 Å². The lowest BCUT2D eigenvalue weighted by molar-refractivity contribution is -0.0228. The summed E-state index contributed by atoms with van der Waals surface area (Å²) in [5.74, 6) is 0.556. The standard InChI is InChI=1S/C19H22N2O2/c1-14(2)15-3-5-16(6-4-15)18-13-21(11-12-23-18)19(22)17-7-9-20-10-8-17/h3-10,14,18H,11-13H2,1-2H3. The first-order valence-corrected chi connectivity index (χ1v) is 8.06. The Balaban J connectivity index is 1.72. The minimum Gasteiger partial charge on any atom is -0.370 e. The van der Waals surface area contributed by atoms with Gasteiger partial charge in [0.15, 0.2) is 0 Å². The summed E-state index contributed by atoms with van der Waals surface area (Å²) in [4.78, 5) is 18.4. The van der Waals surface area contributed by atoms with Crippen LogP contribution in [0.3, 0.4) is 0 Å². The third-order valence-corrected chi connectivity index (χ3v) is 4.26. The van der Waals surface area contributed by atoms with Crippen LogP contribution < -0.4 is 0 Å². The Morgan fingerprint density at radius 2 is 1.87 bits per heavy atom. The van der Waals surface area contributed by atoms with E-state index in [4.69, 9.17) is 4.74 Å². The Hall–Kier alpha value is -2.20. The second-order valence-corrected chi connectivity index (χ2v) is 6.17. The summed E-state index contributed by atoms with van der Waals surface area (Å²) in [5.41, 5.74) is 3.12. The minimum absolute atomic E-state index is 0.0412. The lowest BCUT2D eigenvalue weighted by Gasteiger charge is -2.33. The van der Waals surface area contributed by atoms with Gasteiger partial charge in [0.2, 0.25) is 0 Å². The Labute approximate surface area is 137 Å². The van der Waals surface area contributed by atoms with E-state index in [2.05, 4.69) is 43.1 Å². The van der Waals surface area contributed by atoms with Crippen molar-refractivity contribution in [3.05, 3.63) is 65.5 Å². The molecule has 0 N–H and O–H groups in total. The van der Waals surface area contributed by atoms with Gasteiger partial charge in [0.1, 0.15) is 6.10 Å². The molecule has 2 aromatic rings. The molecule has 0 spiro atoms. The van der Waals surface area contributed by atoms with Crippen molar-refractivity contribution in [2.45, 2.75) is 25.9 Å².